The zero-order chi connectivity index (χ0) is 15.5. The van der Waals surface area contributed by atoms with Crippen LogP contribution in [0, 0.1) is 5.92 Å². The van der Waals surface area contributed by atoms with Crippen molar-refractivity contribution in [3.63, 3.8) is 0 Å². The molecule has 2 rings (SSSR count). The molecule has 21 heavy (non-hydrogen) atoms. The number of amides is 1. The van der Waals surface area contributed by atoms with Gasteiger partial charge in [-0.3, -0.25) is 4.79 Å². The van der Waals surface area contributed by atoms with Gasteiger partial charge >= 0.3 is 0 Å². The second kappa shape index (κ2) is 6.41. The van der Waals surface area contributed by atoms with Crippen LogP contribution >= 0.6 is 0 Å². The monoisotopic (exact) mass is 308 g/mol. The quantitative estimate of drug-likeness (QED) is 0.867. The molecule has 0 fully saturated rings. The highest BCUT2D eigenvalue weighted by Gasteiger charge is 2.20. The number of nitrogens with one attached hydrogen (secondary N) is 1. The Kier molecular flexibility index (Phi) is 4.80. The van der Waals surface area contributed by atoms with Gasteiger partial charge in [0.25, 0.3) is 0 Å². The topological polar surface area (TPSA) is 66.5 Å². The summed E-state index contributed by atoms with van der Waals surface area (Å²) in [4.78, 5) is 12.3. The summed E-state index contributed by atoms with van der Waals surface area (Å²) in [5.74, 6) is -0.0946. The van der Waals surface area contributed by atoms with Crippen LogP contribution in [0.25, 0.3) is 0 Å². The summed E-state index contributed by atoms with van der Waals surface area (Å²) in [6.45, 7) is 0. The first-order valence-electron chi connectivity index (χ1n) is 6.89. The van der Waals surface area contributed by atoms with Crippen molar-refractivity contribution in [2.75, 3.05) is 19.4 Å². The number of carbonyl (C=O) groups is 1. The molecule has 114 valence electrons. The van der Waals surface area contributed by atoms with E-state index in [0.29, 0.717) is 5.69 Å². The van der Waals surface area contributed by atoms with Gasteiger partial charge in [-0.25, -0.2) is 12.7 Å². The highest BCUT2D eigenvalue weighted by atomic mass is 32.2. The van der Waals surface area contributed by atoms with Crippen LogP contribution < -0.4 is 5.32 Å². The molecule has 0 bridgehead atoms. The Morgan fingerprint density at radius 3 is 2.67 bits per heavy atom. The lowest BCUT2D eigenvalue weighted by Crippen LogP contribution is -2.24. The Morgan fingerprint density at radius 1 is 1.29 bits per heavy atom. The molecule has 1 aromatic rings. The first-order valence-corrected chi connectivity index (χ1v) is 8.34. The number of anilines is 1. The van der Waals surface area contributed by atoms with Gasteiger partial charge in [-0.2, -0.15) is 0 Å². The molecule has 1 aliphatic rings. The van der Waals surface area contributed by atoms with Crippen molar-refractivity contribution in [2.24, 2.45) is 5.92 Å². The average molecular weight is 308 g/mol. The molecule has 1 N–H and O–H groups in total. The zero-order valence-electron chi connectivity index (χ0n) is 12.2. The smallest absolute Gasteiger partial charge is 0.242 e. The molecule has 0 heterocycles. The summed E-state index contributed by atoms with van der Waals surface area (Å²) >= 11 is 0. The number of allylic oxidation sites excluding steroid dienone is 2. The Labute approximate surface area is 125 Å². The largest absolute Gasteiger partial charge is 0.326 e. The van der Waals surface area contributed by atoms with Gasteiger partial charge in [0.2, 0.25) is 15.9 Å². The minimum absolute atomic E-state index is 0.0379. The van der Waals surface area contributed by atoms with E-state index in [-0.39, 0.29) is 16.7 Å². The molecule has 0 radical (unpaired) electrons. The molecule has 0 aromatic heterocycles. The van der Waals surface area contributed by atoms with Crippen molar-refractivity contribution < 1.29 is 13.2 Å². The van der Waals surface area contributed by atoms with Crippen LogP contribution in [0.15, 0.2) is 41.3 Å². The summed E-state index contributed by atoms with van der Waals surface area (Å²) in [5, 5.41) is 2.81. The predicted molar refractivity (Wildman–Crippen MR) is 82.4 cm³/mol. The molecule has 0 aliphatic heterocycles. The summed E-state index contributed by atoms with van der Waals surface area (Å²) in [6, 6.07) is 6.35. The molecule has 5 nitrogen and oxygen atoms in total. The fourth-order valence-electron chi connectivity index (χ4n) is 2.22. The van der Waals surface area contributed by atoms with Gasteiger partial charge in [0.1, 0.15) is 0 Å². The molecule has 1 aliphatic carbocycles. The molecule has 0 saturated carbocycles. The fourth-order valence-corrected chi connectivity index (χ4v) is 3.17. The van der Waals surface area contributed by atoms with Gasteiger partial charge in [0.05, 0.1) is 4.90 Å². The summed E-state index contributed by atoms with van der Waals surface area (Å²) < 4.78 is 25.3. The number of hydrogen-bond donors (Lipinski definition) is 1. The zero-order valence-corrected chi connectivity index (χ0v) is 13.1. The van der Waals surface area contributed by atoms with E-state index in [1.54, 1.807) is 12.1 Å². The summed E-state index contributed by atoms with van der Waals surface area (Å²) in [5.41, 5.74) is 0.512. The SMILES string of the molecule is CN(C)S(=O)(=O)c1cccc(NC(=O)[C@H]2CC=CCC2)c1. The Hall–Kier alpha value is -1.66. The van der Waals surface area contributed by atoms with Crippen LogP contribution in [0.4, 0.5) is 5.69 Å². The van der Waals surface area contributed by atoms with Crippen molar-refractivity contribution in [3.8, 4) is 0 Å². The third-order valence-corrected chi connectivity index (χ3v) is 5.33. The second-order valence-electron chi connectivity index (χ2n) is 5.29. The normalized spacial score (nSPS) is 18.7. The van der Waals surface area contributed by atoms with Crippen molar-refractivity contribution in [1.29, 1.82) is 0 Å². The number of nitrogens with zero attached hydrogens (tertiary/aromatic N) is 1. The maximum Gasteiger partial charge on any atom is 0.242 e. The van der Waals surface area contributed by atoms with E-state index in [0.717, 1.165) is 23.6 Å². The van der Waals surface area contributed by atoms with Crippen molar-refractivity contribution >= 4 is 21.6 Å². The molecule has 0 saturated heterocycles. The van der Waals surface area contributed by atoms with E-state index in [4.69, 9.17) is 0 Å². The van der Waals surface area contributed by atoms with E-state index in [9.17, 15) is 13.2 Å². The van der Waals surface area contributed by atoms with E-state index in [1.165, 1.54) is 26.2 Å². The predicted octanol–water partition coefficient (Wildman–Crippen LogP) is 2.23. The van der Waals surface area contributed by atoms with Gasteiger partial charge < -0.3 is 5.32 Å². The van der Waals surface area contributed by atoms with Crippen LogP contribution in [0.5, 0.6) is 0 Å². The Balaban J connectivity index is 2.15. The minimum Gasteiger partial charge on any atom is -0.326 e. The van der Waals surface area contributed by atoms with Gasteiger partial charge in [-0.05, 0) is 37.5 Å². The summed E-state index contributed by atoms with van der Waals surface area (Å²) in [7, 11) is -0.527. The minimum atomic E-state index is -3.49. The van der Waals surface area contributed by atoms with E-state index in [2.05, 4.69) is 11.4 Å². The lowest BCUT2D eigenvalue weighted by Gasteiger charge is -2.18. The maximum absolute atomic E-state index is 12.2. The van der Waals surface area contributed by atoms with Gasteiger partial charge in [-0.15, -0.1) is 0 Å². The highest BCUT2D eigenvalue weighted by Crippen LogP contribution is 2.22. The van der Waals surface area contributed by atoms with E-state index in [1.807, 2.05) is 6.08 Å². The Morgan fingerprint density at radius 2 is 2.05 bits per heavy atom. The average Bonchev–Trinajstić information content (AvgIpc) is 2.48. The number of benzene rings is 1. The molecular formula is C15H20N2O3S. The maximum atomic E-state index is 12.2. The molecule has 1 aromatic carbocycles. The third kappa shape index (κ3) is 3.71. The highest BCUT2D eigenvalue weighted by molar-refractivity contribution is 7.89. The van der Waals surface area contributed by atoms with Crippen LogP contribution in [0.3, 0.4) is 0 Å². The fraction of sp³-hybridized carbons (Fsp3) is 0.400. The number of sulfonamides is 1. The van der Waals surface area contributed by atoms with Crippen molar-refractivity contribution in [1.82, 2.24) is 4.31 Å². The van der Waals surface area contributed by atoms with Crippen LogP contribution in [0.1, 0.15) is 19.3 Å². The lowest BCUT2D eigenvalue weighted by molar-refractivity contribution is -0.120. The van der Waals surface area contributed by atoms with Gasteiger partial charge in [0.15, 0.2) is 0 Å². The number of hydrogen-bond acceptors (Lipinski definition) is 3. The molecular weight excluding hydrogens is 288 g/mol. The molecule has 1 amide bonds. The lowest BCUT2D eigenvalue weighted by atomic mass is 9.93. The Bertz CT molecular complexity index is 651. The van der Waals surface area contributed by atoms with Crippen LogP contribution in [-0.2, 0) is 14.8 Å². The van der Waals surface area contributed by atoms with E-state index >= 15 is 0 Å². The van der Waals surface area contributed by atoms with Gasteiger partial charge in [-0.1, -0.05) is 18.2 Å². The number of carbonyl (C=O) groups excluding carboxylic acids is 1. The van der Waals surface area contributed by atoms with Crippen molar-refractivity contribution in [2.45, 2.75) is 24.2 Å². The van der Waals surface area contributed by atoms with Crippen molar-refractivity contribution in [3.05, 3.63) is 36.4 Å². The molecule has 0 spiro atoms. The first kappa shape index (κ1) is 15.7. The number of rotatable bonds is 4. The summed E-state index contributed by atoms with van der Waals surface area (Å²) in [6.07, 6.45) is 6.57. The van der Waals surface area contributed by atoms with E-state index < -0.39 is 10.0 Å². The molecule has 6 heteroatoms. The second-order valence-corrected chi connectivity index (χ2v) is 7.44. The van der Waals surface area contributed by atoms with Crippen LogP contribution in [0.2, 0.25) is 0 Å². The van der Waals surface area contributed by atoms with Gasteiger partial charge in [0, 0.05) is 25.7 Å². The first-order chi connectivity index (χ1) is 9.91. The standard InChI is InChI=1S/C15H20N2O3S/c1-17(2)21(19,20)14-10-6-9-13(11-14)16-15(18)12-7-4-3-5-8-12/h3-4,6,9-12H,5,7-8H2,1-2H3,(H,16,18)/t12-/m0/s1. The molecule has 0 unspecified atom stereocenters. The third-order valence-electron chi connectivity index (χ3n) is 3.52. The molecule has 1 atom stereocenters. The van der Waals surface area contributed by atoms with Crippen LogP contribution in [-0.4, -0.2) is 32.7 Å².